The second-order valence-corrected chi connectivity index (χ2v) is 7.22. The molecular weight excluding hydrogens is 278 g/mol. The lowest BCUT2D eigenvalue weighted by atomic mass is 10.1. The van der Waals surface area contributed by atoms with Gasteiger partial charge < -0.3 is 4.57 Å². The molecule has 21 heavy (non-hydrogen) atoms. The van der Waals surface area contributed by atoms with Crippen molar-refractivity contribution < 1.29 is 0 Å². The molecule has 0 bridgehead atoms. The number of hydrogen-bond acceptors (Lipinski definition) is 3. The SMILES string of the molecule is c1ccc(CCCSc2nnc(C3CC3)n2C2CC2)cc1. The Hall–Kier alpha value is -1.29. The summed E-state index contributed by atoms with van der Waals surface area (Å²) in [4.78, 5) is 0. The van der Waals surface area contributed by atoms with Crippen molar-refractivity contribution in [1.29, 1.82) is 0 Å². The van der Waals surface area contributed by atoms with Gasteiger partial charge in [0.15, 0.2) is 5.16 Å². The Balaban J connectivity index is 1.34. The zero-order valence-electron chi connectivity index (χ0n) is 12.2. The van der Waals surface area contributed by atoms with E-state index in [9.17, 15) is 0 Å². The van der Waals surface area contributed by atoms with Crippen LogP contribution in [-0.2, 0) is 6.42 Å². The minimum Gasteiger partial charge on any atom is -0.303 e. The van der Waals surface area contributed by atoms with E-state index in [1.54, 1.807) is 0 Å². The summed E-state index contributed by atoms with van der Waals surface area (Å²) in [6.07, 6.45) is 7.60. The molecule has 0 atom stereocenters. The molecule has 1 heterocycles. The Morgan fingerprint density at radius 1 is 1.05 bits per heavy atom. The first-order valence-electron chi connectivity index (χ1n) is 8.03. The summed E-state index contributed by atoms with van der Waals surface area (Å²) in [5, 5.41) is 10.1. The summed E-state index contributed by atoms with van der Waals surface area (Å²) in [5.74, 6) is 3.10. The summed E-state index contributed by atoms with van der Waals surface area (Å²) in [6.45, 7) is 0. The van der Waals surface area contributed by atoms with E-state index in [1.165, 1.54) is 43.5 Å². The molecule has 2 fully saturated rings. The van der Waals surface area contributed by atoms with Crippen LogP contribution in [-0.4, -0.2) is 20.5 Å². The molecule has 0 radical (unpaired) electrons. The van der Waals surface area contributed by atoms with Crippen LogP contribution in [0.1, 0.15) is 55.5 Å². The van der Waals surface area contributed by atoms with Crippen molar-refractivity contribution in [2.75, 3.05) is 5.75 Å². The Labute approximate surface area is 130 Å². The molecule has 0 saturated heterocycles. The molecule has 1 aromatic heterocycles. The number of nitrogens with zero attached hydrogens (tertiary/aromatic N) is 3. The molecule has 2 saturated carbocycles. The van der Waals surface area contributed by atoms with Crippen LogP contribution in [0.5, 0.6) is 0 Å². The van der Waals surface area contributed by atoms with Crippen LogP contribution in [0.4, 0.5) is 0 Å². The average molecular weight is 299 g/mol. The van der Waals surface area contributed by atoms with Crippen molar-refractivity contribution in [3.8, 4) is 0 Å². The molecule has 0 N–H and O–H groups in total. The third-order valence-corrected chi connectivity index (χ3v) is 5.26. The monoisotopic (exact) mass is 299 g/mol. The van der Waals surface area contributed by atoms with Crippen LogP contribution in [0, 0.1) is 0 Å². The maximum atomic E-state index is 4.47. The zero-order chi connectivity index (χ0) is 14.1. The number of aryl methyl sites for hydroxylation is 1. The molecule has 110 valence electrons. The van der Waals surface area contributed by atoms with Gasteiger partial charge in [-0.05, 0) is 44.1 Å². The van der Waals surface area contributed by atoms with Gasteiger partial charge in [-0.2, -0.15) is 0 Å². The molecule has 3 nitrogen and oxygen atoms in total. The van der Waals surface area contributed by atoms with E-state index >= 15 is 0 Å². The fourth-order valence-electron chi connectivity index (χ4n) is 2.77. The summed E-state index contributed by atoms with van der Waals surface area (Å²) < 4.78 is 2.45. The zero-order valence-corrected chi connectivity index (χ0v) is 13.1. The average Bonchev–Trinajstić information content (AvgIpc) is 3.43. The van der Waals surface area contributed by atoms with Crippen LogP contribution >= 0.6 is 11.8 Å². The third-order valence-electron chi connectivity index (χ3n) is 4.23. The standard InChI is InChI=1S/C17H21N3S/c1-2-5-13(6-3-1)7-4-12-21-17-19-18-16(14-8-9-14)20(17)15-10-11-15/h1-3,5-6,14-15H,4,7-12H2. The number of rotatable bonds is 7. The third kappa shape index (κ3) is 3.15. The molecule has 2 aromatic rings. The molecule has 4 heteroatoms. The lowest BCUT2D eigenvalue weighted by Crippen LogP contribution is -2.02. The van der Waals surface area contributed by atoms with Crippen molar-refractivity contribution in [1.82, 2.24) is 14.8 Å². The van der Waals surface area contributed by atoms with Crippen LogP contribution in [0.2, 0.25) is 0 Å². The highest BCUT2D eigenvalue weighted by Crippen LogP contribution is 2.46. The van der Waals surface area contributed by atoms with Crippen LogP contribution in [0.25, 0.3) is 0 Å². The Bertz CT molecular complexity index is 600. The maximum absolute atomic E-state index is 4.47. The smallest absolute Gasteiger partial charge is 0.191 e. The van der Waals surface area contributed by atoms with Gasteiger partial charge in [-0.25, -0.2) is 0 Å². The van der Waals surface area contributed by atoms with Gasteiger partial charge in [0, 0.05) is 17.7 Å². The van der Waals surface area contributed by atoms with Gasteiger partial charge in [-0.1, -0.05) is 42.1 Å². The number of aromatic nitrogens is 3. The molecule has 0 aliphatic heterocycles. The van der Waals surface area contributed by atoms with E-state index < -0.39 is 0 Å². The van der Waals surface area contributed by atoms with Gasteiger partial charge >= 0.3 is 0 Å². The van der Waals surface area contributed by atoms with E-state index in [-0.39, 0.29) is 0 Å². The first kappa shape index (κ1) is 13.4. The minimum atomic E-state index is 0.701. The van der Waals surface area contributed by atoms with Crippen LogP contribution in [0.3, 0.4) is 0 Å². The predicted molar refractivity (Wildman–Crippen MR) is 85.8 cm³/mol. The maximum Gasteiger partial charge on any atom is 0.191 e. The van der Waals surface area contributed by atoms with Gasteiger partial charge in [-0.15, -0.1) is 10.2 Å². The summed E-state index contributed by atoms with van der Waals surface area (Å²) in [5.41, 5.74) is 1.43. The molecule has 1 aromatic carbocycles. The molecular formula is C17H21N3S. The first-order valence-corrected chi connectivity index (χ1v) is 9.02. The fourth-order valence-corrected chi connectivity index (χ4v) is 3.72. The summed E-state index contributed by atoms with van der Waals surface area (Å²) in [7, 11) is 0. The van der Waals surface area contributed by atoms with Crippen molar-refractivity contribution >= 4 is 11.8 Å². The highest BCUT2D eigenvalue weighted by atomic mass is 32.2. The molecule has 0 spiro atoms. The van der Waals surface area contributed by atoms with E-state index in [2.05, 4.69) is 45.1 Å². The molecule has 0 unspecified atom stereocenters. The van der Waals surface area contributed by atoms with E-state index in [4.69, 9.17) is 0 Å². The van der Waals surface area contributed by atoms with Crippen molar-refractivity contribution in [3.63, 3.8) is 0 Å². The minimum absolute atomic E-state index is 0.701. The van der Waals surface area contributed by atoms with Crippen LogP contribution < -0.4 is 0 Å². The summed E-state index contributed by atoms with van der Waals surface area (Å²) >= 11 is 1.89. The lowest BCUT2D eigenvalue weighted by molar-refractivity contribution is 0.626. The van der Waals surface area contributed by atoms with E-state index in [0.29, 0.717) is 12.0 Å². The Morgan fingerprint density at radius 2 is 1.86 bits per heavy atom. The highest BCUT2D eigenvalue weighted by molar-refractivity contribution is 7.99. The van der Waals surface area contributed by atoms with Crippen molar-refractivity contribution in [2.24, 2.45) is 0 Å². The first-order chi connectivity index (χ1) is 10.4. The molecule has 0 amide bonds. The van der Waals surface area contributed by atoms with E-state index in [1.807, 2.05) is 11.8 Å². The Morgan fingerprint density at radius 3 is 2.57 bits per heavy atom. The van der Waals surface area contributed by atoms with Crippen molar-refractivity contribution in [3.05, 3.63) is 41.7 Å². The fraction of sp³-hybridized carbons (Fsp3) is 0.529. The number of benzene rings is 1. The second kappa shape index (κ2) is 5.84. The van der Waals surface area contributed by atoms with Crippen LogP contribution in [0.15, 0.2) is 35.5 Å². The largest absolute Gasteiger partial charge is 0.303 e. The highest BCUT2D eigenvalue weighted by Gasteiger charge is 2.36. The van der Waals surface area contributed by atoms with Crippen molar-refractivity contribution in [2.45, 2.75) is 55.6 Å². The quantitative estimate of drug-likeness (QED) is 0.566. The normalized spacial score (nSPS) is 18.1. The van der Waals surface area contributed by atoms with Gasteiger partial charge in [0.1, 0.15) is 5.82 Å². The predicted octanol–water partition coefficient (Wildman–Crippen LogP) is 4.22. The van der Waals surface area contributed by atoms with Gasteiger partial charge in [0.05, 0.1) is 0 Å². The van der Waals surface area contributed by atoms with Gasteiger partial charge in [0.25, 0.3) is 0 Å². The van der Waals surface area contributed by atoms with E-state index in [0.717, 1.165) is 17.3 Å². The van der Waals surface area contributed by atoms with Gasteiger partial charge in [-0.3, -0.25) is 0 Å². The second-order valence-electron chi connectivity index (χ2n) is 6.15. The topological polar surface area (TPSA) is 30.7 Å². The number of thioether (sulfide) groups is 1. The number of hydrogen-bond donors (Lipinski definition) is 0. The molecule has 2 aliphatic rings. The lowest BCUT2D eigenvalue weighted by Gasteiger charge is -2.08. The Kier molecular flexibility index (Phi) is 3.72. The summed E-state index contributed by atoms with van der Waals surface area (Å²) in [6, 6.07) is 11.4. The molecule has 4 rings (SSSR count). The van der Waals surface area contributed by atoms with Gasteiger partial charge in [0.2, 0.25) is 0 Å². The molecule has 2 aliphatic carbocycles.